The smallest absolute Gasteiger partial charge is 0.0629 e. The van der Waals surface area contributed by atoms with Crippen LogP contribution in [0.2, 0.25) is 10.0 Å². The van der Waals surface area contributed by atoms with E-state index >= 15 is 0 Å². The number of halogens is 2. The van der Waals surface area contributed by atoms with Crippen molar-refractivity contribution in [1.29, 1.82) is 0 Å². The molecule has 1 aliphatic carbocycles. The summed E-state index contributed by atoms with van der Waals surface area (Å²) in [6.45, 7) is 0. The maximum absolute atomic E-state index is 6.39. The van der Waals surface area contributed by atoms with Crippen LogP contribution in [0.3, 0.4) is 0 Å². The molecule has 2 aliphatic rings. The molecule has 0 fully saturated rings. The largest absolute Gasteiger partial charge is 0.333 e. The van der Waals surface area contributed by atoms with Gasteiger partial charge in [0.15, 0.2) is 0 Å². The number of fused-ring (bicyclic) bond motifs is 6. The van der Waals surface area contributed by atoms with Crippen LogP contribution in [0, 0.1) is 0 Å². The van der Waals surface area contributed by atoms with Gasteiger partial charge in [0.2, 0.25) is 0 Å². The molecule has 2 nitrogen and oxygen atoms in total. The van der Waals surface area contributed by atoms with Crippen LogP contribution in [0.25, 0.3) is 27.5 Å². The highest BCUT2D eigenvalue weighted by Gasteiger charge is 2.37. The molecule has 5 aromatic rings. The fraction of sp³-hybridized carbons (Fsp3) is 0.0667. The minimum absolute atomic E-state index is 0.227. The highest BCUT2D eigenvalue weighted by atomic mass is 35.5. The Morgan fingerprint density at radius 1 is 0.618 bits per heavy atom. The lowest BCUT2D eigenvalue weighted by Crippen LogP contribution is -2.28. The first kappa shape index (κ1) is 20.0. The van der Waals surface area contributed by atoms with Gasteiger partial charge in [0, 0.05) is 43.8 Å². The van der Waals surface area contributed by atoms with Gasteiger partial charge in [0.1, 0.15) is 0 Å². The second-order valence-electron chi connectivity index (χ2n) is 8.89. The van der Waals surface area contributed by atoms with Gasteiger partial charge in [-0.25, -0.2) is 0 Å². The Bertz CT molecular complexity index is 1660. The Kier molecular flexibility index (Phi) is 4.42. The summed E-state index contributed by atoms with van der Waals surface area (Å²) >= 11 is 12.8. The van der Waals surface area contributed by atoms with Crippen molar-refractivity contribution >= 4 is 56.4 Å². The fourth-order valence-corrected chi connectivity index (χ4v) is 5.97. The van der Waals surface area contributed by atoms with Crippen LogP contribution in [-0.4, -0.2) is 10.6 Å². The highest BCUT2D eigenvalue weighted by Crippen LogP contribution is 2.48. The molecule has 1 aliphatic heterocycles. The number of rotatable bonds is 2. The third-order valence-electron chi connectivity index (χ3n) is 7.01. The van der Waals surface area contributed by atoms with Crippen LogP contribution in [0.5, 0.6) is 0 Å². The van der Waals surface area contributed by atoms with Gasteiger partial charge < -0.3 is 9.47 Å². The van der Waals surface area contributed by atoms with Crippen molar-refractivity contribution in [1.82, 2.24) is 4.57 Å². The van der Waals surface area contributed by atoms with E-state index in [1.54, 1.807) is 0 Å². The molecule has 164 valence electrons. The molecule has 0 spiro atoms. The first-order valence-electron chi connectivity index (χ1n) is 11.4. The van der Waals surface area contributed by atoms with Crippen LogP contribution in [-0.2, 0) is 0 Å². The van der Waals surface area contributed by atoms with Crippen molar-refractivity contribution in [2.75, 3.05) is 4.90 Å². The molecule has 2 atom stereocenters. The topological polar surface area (TPSA) is 8.17 Å². The molecule has 0 bridgehead atoms. The third kappa shape index (κ3) is 2.89. The average molecular weight is 479 g/mol. The lowest BCUT2D eigenvalue weighted by Gasteiger charge is -2.29. The monoisotopic (exact) mass is 478 g/mol. The Balaban J connectivity index is 1.44. The summed E-state index contributed by atoms with van der Waals surface area (Å²) < 4.78 is 2.33. The zero-order valence-electron chi connectivity index (χ0n) is 18.2. The van der Waals surface area contributed by atoms with Gasteiger partial charge in [-0.2, -0.15) is 0 Å². The number of hydrogen-bond donors (Lipinski definition) is 0. The number of nitrogens with zero attached hydrogens (tertiary/aromatic N) is 2. The molecule has 7 rings (SSSR count). The van der Waals surface area contributed by atoms with Gasteiger partial charge in [-0.15, -0.1) is 0 Å². The predicted octanol–water partition coefficient (Wildman–Crippen LogP) is 8.82. The van der Waals surface area contributed by atoms with E-state index in [0.717, 1.165) is 32.3 Å². The van der Waals surface area contributed by atoms with E-state index in [2.05, 4.69) is 107 Å². The molecule has 0 saturated heterocycles. The summed E-state index contributed by atoms with van der Waals surface area (Å²) in [7, 11) is 0. The van der Waals surface area contributed by atoms with Crippen LogP contribution in [0.1, 0.15) is 11.5 Å². The first-order chi connectivity index (χ1) is 16.7. The average Bonchev–Trinajstić information content (AvgIpc) is 3.36. The molecule has 0 saturated carbocycles. The second-order valence-corrected chi connectivity index (χ2v) is 9.77. The van der Waals surface area contributed by atoms with E-state index < -0.39 is 0 Å². The van der Waals surface area contributed by atoms with Gasteiger partial charge in [-0.1, -0.05) is 71.8 Å². The van der Waals surface area contributed by atoms with Crippen LogP contribution in [0.15, 0.2) is 109 Å². The molecular weight excluding hydrogens is 459 g/mol. The SMILES string of the molecule is Clc1ccc2c(c1)C1C=CC=CC1N2c1cccc(-n2c3ccccc3c3cc(Cl)ccc32)c1. The van der Waals surface area contributed by atoms with Gasteiger partial charge >= 0.3 is 0 Å². The summed E-state index contributed by atoms with van der Waals surface area (Å²) in [6.07, 6.45) is 8.84. The van der Waals surface area contributed by atoms with E-state index in [0.29, 0.717) is 0 Å². The normalized spacial score (nSPS) is 18.6. The highest BCUT2D eigenvalue weighted by molar-refractivity contribution is 6.32. The first-order valence-corrected chi connectivity index (χ1v) is 12.2. The van der Waals surface area contributed by atoms with Gasteiger partial charge in [-0.05, 0) is 66.2 Å². The molecule has 2 unspecified atom stereocenters. The molecular formula is C30H20Cl2N2. The number of anilines is 2. The fourth-order valence-electron chi connectivity index (χ4n) is 5.62. The molecule has 4 heteroatoms. The number of hydrogen-bond acceptors (Lipinski definition) is 1. The molecule has 4 aromatic carbocycles. The molecule has 2 heterocycles. The maximum Gasteiger partial charge on any atom is 0.0629 e. The van der Waals surface area contributed by atoms with Crippen molar-refractivity contribution in [2.45, 2.75) is 12.0 Å². The molecule has 34 heavy (non-hydrogen) atoms. The number of aromatic nitrogens is 1. The Labute approximate surface area is 207 Å². The Hall–Kier alpha value is -3.46. The molecule has 0 amide bonds. The van der Waals surface area contributed by atoms with E-state index in [1.165, 1.54) is 22.2 Å². The van der Waals surface area contributed by atoms with E-state index in [9.17, 15) is 0 Å². The maximum atomic E-state index is 6.39. The second kappa shape index (κ2) is 7.53. The standard InChI is InChI=1S/C30H20Cl2N2/c31-19-12-14-29-25(16-19)23-8-1-3-10-27(23)33(29)21-6-5-7-22(18-21)34-28-11-4-2-9-24(28)26-17-20(32)13-15-30(26)34/h1-18,23,27H. The minimum atomic E-state index is 0.227. The van der Waals surface area contributed by atoms with Crippen molar-refractivity contribution in [3.05, 3.63) is 125 Å². The molecule has 0 radical (unpaired) electrons. The van der Waals surface area contributed by atoms with E-state index in [-0.39, 0.29) is 12.0 Å². The Morgan fingerprint density at radius 3 is 2.32 bits per heavy atom. The quantitative estimate of drug-likeness (QED) is 0.246. The molecule has 1 aromatic heterocycles. The predicted molar refractivity (Wildman–Crippen MR) is 144 cm³/mol. The lowest BCUT2D eigenvalue weighted by atomic mass is 9.91. The van der Waals surface area contributed by atoms with Gasteiger partial charge in [0.25, 0.3) is 0 Å². The minimum Gasteiger partial charge on any atom is -0.333 e. The van der Waals surface area contributed by atoms with Crippen molar-refractivity contribution in [3.8, 4) is 5.69 Å². The van der Waals surface area contributed by atoms with Crippen LogP contribution in [0.4, 0.5) is 11.4 Å². The van der Waals surface area contributed by atoms with Crippen LogP contribution < -0.4 is 4.90 Å². The summed E-state index contributed by atoms with van der Waals surface area (Å²) in [5.74, 6) is 0.290. The zero-order valence-corrected chi connectivity index (χ0v) is 19.7. The number of para-hydroxylation sites is 1. The number of allylic oxidation sites excluding steroid dienone is 2. The third-order valence-corrected chi connectivity index (χ3v) is 7.48. The number of benzene rings is 4. The summed E-state index contributed by atoms with van der Waals surface area (Å²) in [4.78, 5) is 2.44. The summed E-state index contributed by atoms with van der Waals surface area (Å²) in [5, 5.41) is 3.89. The lowest BCUT2D eigenvalue weighted by molar-refractivity contribution is 0.744. The van der Waals surface area contributed by atoms with Crippen molar-refractivity contribution in [2.24, 2.45) is 0 Å². The van der Waals surface area contributed by atoms with Gasteiger partial charge in [0.05, 0.1) is 17.1 Å². The van der Waals surface area contributed by atoms with Crippen molar-refractivity contribution < 1.29 is 0 Å². The summed E-state index contributed by atoms with van der Waals surface area (Å²) in [6, 6.07) is 29.9. The van der Waals surface area contributed by atoms with Crippen molar-refractivity contribution in [3.63, 3.8) is 0 Å². The molecule has 0 N–H and O–H groups in total. The zero-order chi connectivity index (χ0) is 22.8. The Morgan fingerprint density at radius 2 is 1.38 bits per heavy atom. The van der Waals surface area contributed by atoms with E-state index in [1.807, 2.05) is 12.1 Å². The van der Waals surface area contributed by atoms with E-state index in [4.69, 9.17) is 23.2 Å². The van der Waals surface area contributed by atoms with Crippen LogP contribution >= 0.6 is 23.2 Å². The van der Waals surface area contributed by atoms with Gasteiger partial charge in [-0.3, -0.25) is 0 Å². The summed E-state index contributed by atoms with van der Waals surface area (Å²) in [5.41, 5.74) is 7.09.